The number of carbonyl (C=O) groups excluding carboxylic acids is 1. The molecule has 0 bridgehead atoms. The fraction of sp³-hybridized carbons (Fsp3) is 0.133. The highest BCUT2D eigenvalue weighted by Gasteiger charge is 2.19. The molecule has 2 rings (SSSR count). The van der Waals surface area contributed by atoms with E-state index in [1.807, 2.05) is 0 Å². The number of halogens is 1. The SMILES string of the molecule is Cc1cccc([N+](=O)[O-])c1OCC(=O)c1ccccc1Cl. The van der Waals surface area contributed by atoms with E-state index in [-0.39, 0.29) is 23.8 Å². The normalized spacial score (nSPS) is 10.2. The molecule has 0 amide bonds. The number of Topliss-reactive ketones (excluding diaryl/α,β-unsaturated/α-hetero) is 1. The number of hydrogen-bond donors (Lipinski definition) is 0. The molecule has 0 heterocycles. The molecule has 0 N–H and O–H groups in total. The number of para-hydroxylation sites is 1. The van der Waals surface area contributed by atoms with Crippen molar-refractivity contribution in [2.75, 3.05) is 6.61 Å². The quantitative estimate of drug-likeness (QED) is 0.478. The number of rotatable bonds is 5. The summed E-state index contributed by atoms with van der Waals surface area (Å²) in [6, 6.07) is 11.2. The third-order valence-corrected chi connectivity index (χ3v) is 3.24. The third-order valence-electron chi connectivity index (χ3n) is 2.91. The Morgan fingerprint density at radius 1 is 1.24 bits per heavy atom. The molecule has 0 aliphatic rings. The van der Waals surface area contributed by atoms with Crippen LogP contribution in [0.4, 0.5) is 5.69 Å². The van der Waals surface area contributed by atoms with Crippen LogP contribution >= 0.6 is 11.6 Å². The van der Waals surface area contributed by atoms with Gasteiger partial charge in [-0.25, -0.2) is 0 Å². The molecular weight excluding hydrogens is 294 g/mol. The Balaban J connectivity index is 2.19. The Kier molecular flexibility index (Phi) is 4.55. The number of nitro groups is 1. The van der Waals surface area contributed by atoms with Crippen molar-refractivity contribution in [2.24, 2.45) is 0 Å². The minimum absolute atomic E-state index is 0.0999. The minimum atomic E-state index is -0.539. The van der Waals surface area contributed by atoms with E-state index >= 15 is 0 Å². The maximum absolute atomic E-state index is 12.1. The molecule has 0 aromatic heterocycles. The molecule has 6 heteroatoms. The van der Waals surface area contributed by atoms with Gasteiger partial charge in [-0.3, -0.25) is 14.9 Å². The first-order valence-electron chi connectivity index (χ1n) is 6.15. The predicted molar refractivity (Wildman–Crippen MR) is 79.1 cm³/mol. The zero-order chi connectivity index (χ0) is 15.4. The van der Waals surface area contributed by atoms with Crippen LogP contribution in [0.2, 0.25) is 5.02 Å². The van der Waals surface area contributed by atoms with Crippen LogP contribution < -0.4 is 4.74 Å². The van der Waals surface area contributed by atoms with Crippen molar-refractivity contribution in [1.29, 1.82) is 0 Å². The summed E-state index contributed by atoms with van der Waals surface area (Å²) in [7, 11) is 0. The van der Waals surface area contributed by atoms with Gasteiger partial charge in [0.1, 0.15) is 0 Å². The average Bonchev–Trinajstić information content (AvgIpc) is 2.45. The van der Waals surface area contributed by atoms with Crippen LogP contribution in [0.15, 0.2) is 42.5 Å². The van der Waals surface area contributed by atoms with Gasteiger partial charge in [-0.15, -0.1) is 0 Å². The van der Waals surface area contributed by atoms with Crippen molar-refractivity contribution < 1.29 is 14.5 Å². The van der Waals surface area contributed by atoms with Crippen LogP contribution in [0.3, 0.4) is 0 Å². The lowest BCUT2D eigenvalue weighted by Crippen LogP contribution is -2.13. The summed E-state index contributed by atoms with van der Waals surface area (Å²) in [6.07, 6.45) is 0. The van der Waals surface area contributed by atoms with Gasteiger partial charge in [0.15, 0.2) is 6.61 Å². The molecule has 0 spiro atoms. The van der Waals surface area contributed by atoms with Gasteiger partial charge < -0.3 is 4.74 Å². The van der Waals surface area contributed by atoms with Gasteiger partial charge in [0.25, 0.3) is 0 Å². The molecular formula is C15H12ClNO4. The Morgan fingerprint density at radius 3 is 2.62 bits per heavy atom. The number of benzene rings is 2. The standard InChI is InChI=1S/C15H12ClNO4/c1-10-5-4-8-13(17(19)20)15(10)21-9-14(18)11-6-2-3-7-12(11)16/h2-8H,9H2,1H3. The van der Waals surface area contributed by atoms with Crippen molar-refractivity contribution in [2.45, 2.75) is 6.92 Å². The van der Waals surface area contributed by atoms with Crippen LogP contribution in [0, 0.1) is 17.0 Å². The van der Waals surface area contributed by atoms with Crippen molar-refractivity contribution >= 4 is 23.1 Å². The van der Waals surface area contributed by atoms with Crippen LogP contribution in [0.5, 0.6) is 5.75 Å². The summed E-state index contributed by atoms with van der Waals surface area (Å²) in [6.45, 7) is 1.37. The summed E-state index contributed by atoms with van der Waals surface area (Å²) in [5.74, 6) is -0.235. The molecule has 0 saturated carbocycles. The van der Waals surface area contributed by atoms with Gasteiger partial charge in [0, 0.05) is 11.6 Å². The molecule has 0 radical (unpaired) electrons. The Hall–Kier alpha value is -2.40. The molecule has 0 aliphatic heterocycles. The molecule has 21 heavy (non-hydrogen) atoms. The molecule has 2 aromatic carbocycles. The second kappa shape index (κ2) is 6.37. The maximum atomic E-state index is 12.1. The topological polar surface area (TPSA) is 69.4 Å². The van der Waals surface area contributed by atoms with E-state index in [4.69, 9.17) is 16.3 Å². The zero-order valence-corrected chi connectivity index (χ0v) is 12.0. The van der Waals surface area contributed by atoms with Crippen molar-refractivity contribution in [1.82, 2.24) is 0 Å². The lowest BCUT2D eigenvalue weighted by atomic mass is 10.1. The highest BCUT2D eigenvalue weighted by atomic mass is 35.5. The van der Waals surface area contributed by atoms with Crippen molar-refractivity contribution in [3.63, 3.8) is 0 Å². The van der Waals surface area contributed by atoms with Gasteiger partial charge in [-0.05, 0) is 24.6 Å². The first kappa shape index (κ1) is 15.0. The lowest BCUT2D eigenvalue weighted by molar-refractivity contribution is -0.385. The first-order chi connectivity index (χ1) is 10.0. The average molecular weight is 306 g/mol. The molecule has 0 fully saturated rings. The molecule has 0 atom stereocenters. The molecule has 0 saturated heterocycles. The van der Waals surface area contributed by atoms with E-state index in [2.05, 4.69) is 0 Å². The molecule has 2 aromatic rings. The fourth-order valence-electron chi connectivity index (χ4n) is 1.87. The number of ether oxygens (including phenoxy) is 1. The van der Waals surface area contributed by atoms with E-state index in [1.54, 1.807) is 43.3 Å². The Morgan fingerprint density at radius 2 is 1.95 bits per heavy atom. The van der Waals surface area contributed by atoms with Crippen LogP contribution in [-0.2, 0) is 0 Å². The number of ketones is 1. The van der Waals surface area contributed by atoms with Gasteiger partial charge >= 0.3 is 5.69 Å². The summed E-state index contributed by atoms with van der Waals surface area (Å²) < 4.78 is 5.35. The lowest BCUT2D eigenvalue weighted by Gasteiger charge is -2.09. The van der Waals surface area contributed by atoms with Crippen molar-refractivity contribution in [3.8, 4) is 5.75 Å². The highest BCUT2D eigenvalue weighted by Crippen LogP contribution is 2.30. The zero-order valence-electron chi connectivity index (χ0n) is 11.2. The van der Waals surface area contributed by atoms with Crippen LogP contribution in [0.25, 0.3) is 0 Å². The van der Waals surface area contributed by atoms with E-state index in [1.165, 1.54) is 6.07 Å². The van der Waals surface area contributed by atoms with E-state index in [0.29, 0.717) is 16.1 Å². The number of aryl methyl sites for hydroxylation is 1. The molecule has 0 aliphatic carbocycles. The monoisotopic (exact) mass is 305 g/mol. The van der Waals surface area contributed by atoms with Crippen LogP contribution in [-0.4, -0.2) is 17.3 Å². The number of carbonyl (C=O) groups is 1. The molecule has 0 unspecified atom stereocenters. The number of nitro benzene ring substituents is 1. The second-order valence-electron chi connectivity index (χ2n) is 4.37. The maximum Gasteiger partial charge on any atom is 0.311 e. The summed E-state index contributed by atoms with van der Waals surface area (Å²) in [4.78, 5) is 22.5. The van der Waals surface area contributed by atoms with Crippen LogP contribution in [0.1, 0.15) is 15.9 Å². The fourth-order valence-corrected chi connectivity index (χ4v) is 2.11. The van der Waals surface area contributed by atoms with E-state index in [0.717, 1.165) is 0 Å². The van der Waals surface area contributed by atoms with Crippen molar-refractivity contribution in [3.05, 3.63) is 68.7 Å². The Labute approximate surface area is 126 Å². The Bertz CT molecular complexity index is 700. The van der Waals surface area contributed by atoms with Gasteiger partial charge in [-0.2, -0.15) is 0 Å². The summed E-state index contributed by atoms with van der Waals surface area (Å²) in [5.41, 5.74) is 0.758. The number of hydrogen-bond acceptors (Lipinski definition) is 4. The smallest absolute Gasteiger partial charge is 0.311 e. The minimum Gasteiger partial charge on any atom is -0.478 e. The molecule has 5 nitrogen and oxygen atoms in total. The largest absolute Gasteiger partial charge is 0.478 e. The summed E-state index contributed by atoms with van der Waals surface area (Å²) >= 11 is 5.93. The third kappa shape index (κ3) is 3.38. The van der Waals surface area contributed by atoms with E-state index in [9.17, 15) is 14.9 Å². The van der Waals surface area contributed by atoms with Gasteiger partial charge in [-0.1, -0.05) is 35.9 Å². The predicted octanol–water partition coefficient (Wildman–Crippen LogP) is 3.82. The first-order valence-corrected chi connectivity index (χ1v) is 6.53. The second-order valence-corrected chi connectivity index (χ2v) is 4.78. The van der Waals surface area contributed by atoms with Gasteiger partial charge in [0.05, 0.1) is 9.95 Å². The van der Waals surface area contributed by atoms with E-state index < -0.39 is 4.92 Å². The van der Waals surface area contributed by atoms with Gasteiger partial charge in [0.2, 0.25) is 11.5 Å². The summed E-state index contributed by atoms with van der Waals surface area (Å²) in [5, 5.41) is 11.3. The molecule has 108 valence electrons. The highest BCUT2D eigenvalue weighted by molar-refractivity contribution is 6.34. The number of nitrogens with zero attached hydrogens (tertiary/aromatic N) is 1.